The van der Waals surface area contributed by atoms with Crippen LogP contribution in [0.25, 0.3) is 0 Å². The smallest absolute Gasteiger partial charge is 0.258 e. The molecule has 1 amide bonds. The van der Waals surface area contributed by atoms with Crippen molar-refractivity contribution in [2.45, 2.75) is 32.2 Å². The zero-order valence-electron chi connectivity index (χ0n) is 16.2. The van der Waals surface area contributed by atoms with Crippen molar-refractivity contribution in [2.75, 3.05) is 19.7 Å². The maximum Gasteiger partial charge on any atom is 0.258 e. The largest absolute Gasteiger partial charge is 0.484 e. The number of carbonyl (C=O) groups excluding carboxylic acids is 1. The second-order valence-electron chi connectivity index (χ2n) is 6.21. The van der Waals surface area contributed by atoms with Crippen molar-refractivity contribution < 1.29 is 22.3 Å². The van der Waals surface area contributed by atoms with Crippen LogP contribution in [0.3, 0.4) is 0 Å². The number of ether oxygens (including phenoxy) is 1. The molecule has 0 aliphatic rings. The number of carbonyl (C=O) groups is 1. The van der Waals surface area contributed by atoms with E-state index in [0.29, 0.717) is 24.4 Å². The van der Waals surface area contributed by atoms with Crippen LogP contribution in [0.1, 0.15) is 25.0 Å². The van der Waals surface area contributed by atoms with Crippen molar-refractivity contribution >= 4 is 15.9 Å². The highest BCUT2D eigenvalue weighted by Crippen LogP contribution is 2.24. The van der Waals surface area contributed by atoms with Gasteiger partial charge in [0.15, 0.2) is 6.61 Å². The average Bonchev–Trinajstić information content (AvgIpc) is 2.67. The van der Waals surface area contributed by atoms with E-state index in [9.17, 15) is 17.6 Å². The predicted molar refractivity (Wildman–Crippen MR) is 105 cm³/mol. The minimum atomic E-state index is -3.54. The van der Waals surface area contributed by atoms with Crippen molar-refractivity contribution in [3.8, 4) is 5.75 Å². The van der Waals surface area contributed by atoms with Gasteiger partial charge in [0.25, 0.3) is 5.91 Å². The summed E-state index contributed by atoms with van der Waals surface area (Å²) in [6.07, 6.45) is 0. The summed E-state index contributed by atoms with van der Waals surface area (Å²) in [6.45, 7) is 6.15. The van der Waals surface area contributed by atoms with Gasteiger partial charge in [0, 0.05) is 19.6 Å². The second-order valence-corrected chi connectivity index (χ2v) is 8.15. The van der Waals surface area contributed by atoms with Crippen LogP contribution in [-0.4, -0.2) is 38.3 Å². The van der Waals surface area contributed by atoms with Crippen LogP contribution in [0.2, 0.25) is 0 Å². The normalized spacial score (nSPS) is 11.5. The van der Waals surface area contributed by atoms with Crippen molar-refractivity contribution in [2.24, 2.45) is 0 Å². The van der Waals surface area contributed by atoms with Gasteiger partial charge in [-0.15, -0.1) is 0 Å². The molecule has 0 unspecified atom stereocenters. The lowest BCUT2D eigenvalue weighted by Crippen LogP contribution is -2.30. The van der Waals surface area contributed by atoms with Crippen molar-refractivity contribution in [1.29, 1.82) is 0 Å². The van der Waals surface area contributed by atoms with Crippen molar-refractivity contribution in [3.63, 3.8) is 0 Å². The Morgan fingerprint density at radius 1 is 1.11 bits per heavy atom. The van der Waals surface area contributed by atoms with Crippen LogP contribution in [0.4, 0.5) is 4.39 Å². The van der Waals surface area contributed by atoms with Gasteiger partial charge in [-0.3, -0.25) is 4.79 Å². The molecule has 0 saturated carbocycles. The molecule has 0 spiro atoms. The molecule has 6 nitrogen and oxygen atoms in total. The molecule has 0 fully saturated rings. The summed E-state index contributed by atoms with van der Waals surface area (Å²) in [5.74, 6) is -0.223. The zero-order valence-corrected chi connectivity index (χ0v) is 17.1. The van der Waals surface area contributed by atoms with E-state index >= 15 is 0 Å². The number of aryl methyl sites for hydroxylation is 1. The van der Waals surface area contributed by atoms with E-state index in [1.54, 1.807) is 45.0 Å². The fraction of sp³-hybridized carbons (Fsp3) is 0.350. The van der Waals surface area contributed by atoms with Gasteiger partial charge in [-0.2, -0.15) is 4.31 Å². The Kier molecular flexibility index (Phi) is 7.53. The van der Waals surface area contributed by atoms with Gasteiger partial charge in [0.2, 0.25) is 10.0 Å². The molecule has 0 atom stereocenters. The number of halogens is 1. The highest BCUT2D eigenvalue weighted by Gasteiger charge is 2.22. The number of nitrogens with zero attached hydrogens (tertiary/aromatic N) is 1. The molecule has 1 N–H and O–H groups in total. The monoisotopic (exact) mass is 408 g/mol. The fourth-order valence-electron chi connectivity index (χ4n) is 2.65. The Morgan fingerprint density at radius 2 is 1.75 bits per heavy atom. The average molecular weight is 408 g/mol. The minimum absolute atomic E-state index is 0.196. The first-order valence-electron chi connectivity index (χ1n) is 9.02. The molecule has 8 heteroatoms. The van der Waals surface area contributed by atoms with Gasteiger partial charge in [-0.1, -0.05) is 26.0 Å². The first-order valence-corrected chi connectivity index (χ1v) is 10.5. The summed E-state index contributed by atoms with van der Waals surface area (Å²) in [5.41, 5.74) is 1.40. The molecule has 0 aliphatic carbocycles. The van der Waals surface area contributed by atoms with Crippen LogP contribution in [0.5, 0.6) is 5.75 Å². The summed E-state index contributed by atoms with van der Waals surface area (Å²) in [7, 11) is -3.54. The number of sulfonamides is 1. The highest BCUT2D eigenvalue weighted by atomic mass is 32.2. The van der Waals surface area contributed by atoms with Crippen LogP contribution >= 0.6 is 0 Å². The molecule has 0 aliphatic heterocycles. The van der Waals surface area contributed by atoms with Gasteiger partial charge in [-0.05, 0) is 48.4 Å². The number of hydrogen-bond donors (Lipinski definition) is 1. The summed E-state index contributed by atoms with van der Waals surface area (Å²) in [6, 6.07) is 10.4. The Morgan fingerprint density at radius 3 is 2.32 bits per heavy atom. The van der Waals surface area contributed by atoms with Gasteiger partial charge < -0.3 is 10.1 Å². The third-order valence-corrected chi connectivity index (χ3v) is 6.30. The number of rotatable bonds is 9. The first kappa shape index (κ1) is 21.8. The maximum absolute atomic E-state index is 12.9. The molecule has 0 saturated heterocycles. The Bertz CT molecular complexity index is 910. The van der Waals surface area contributed by atoms with Gasteiger partial charge in [-0.25, -0.2) is 12.8 Å². The topological polar surface area (TPSA) is 75.7 Å². The number of amides is 1. The highest BCUT2D eigenvalue weighted by molar-refractivity contribution is 7.89. The first-order chi connectivity index (χ1) is 13.3. The van der Waals surface area contributed by atoms with Gasteiger partial charge >= 0.3 is 0 Å². The van der Waals surface area contributed by atoms with E-state index in [4.69, 9.17) is 4.74 Å². The molecule has 0 radical (unpaired) electrons. The van der Waals surface area contributed by atoms with E-state index in [1.165, 1.54) is 22.5 Å². The van der Waals surface area contributed by atoms with Gasteiger partial charge in [0.1, 0.15) is 11.6 Å². The standard InChI is InChI=1S/C20H25FN2O4S/c1-4-23(5-2)28(25,26)18-10-11-19(15(3)12-18)27-14-20(24)22-13-16-6-8-17(21)9-7-16/h6-12H,4-5,13-14H2,1-3H3,(H,22,24). The Balaban J connectivity index is 1.95. The minimum Gasteiger partial charge on any atom is -0.484 e. The molecule has 28 heavy (non-hydrogen) atoms. The van der Waals surface area contributed by atoms with Gasteiger partial charge in [0.05, 0.1) is 4.90 Å². The lowest BCUT2D eigenvalue weighted by molar-refractivity contribution is -0.123. The molecule has 0 heterocycles. The molecule has 2 aromatic carbocycles. The molecule has 2 rings (SSSR count). The van der Waals surface area contributed by atoms with E-state index < -0.39 is 10.0 Å². The molecule has 0 bridgehead atoms. The Hall–Kier alpha value is -2.45. The quantitative estimate of drug-likeness (QED) is 0.692. The van der Waals surface area contributed by atoms with Crippen LogP contribution in [-0.2, 0) is 21.4 Å². The molecule has 0 aromatic heterocycles. The lowest BCUT2D eigenvalue weighted by Gasteiger charge is -2.19. The predicted octanol–water partition coefficient (Wildman–Crippen LogP) is 2.86. The molecular weight excluding hydrogens is 383 g/mol. The molecule has 2 aromatic rings. The van der Waals surface area contributed by atoms with Crippen LogP contribution < -0.4 is 10.1 Å². The van der Waals surface area contributed by atoms with Crippen molar-refractivity contribution in [3.05, 3.63) is 59.4 Å². The second kappa shape index (κ2) is 9.66. The third-order valence-electron chi connectivity index (χ3n) is 4.25. The Labute approximate surface area is 165 Å². The zero-order chi connectivity index (χ0) is 20.7. The molecular formula is C20H25FN2O4S. The van der Waals surface area contributed by atoms with Crippen LogP contribution in [0, 0.1) is 12.7 Å². The summed E-state index contributed by atoms with van der Waals surface area (Å²) >= 11 is 0. The summed E-state index contributed by atoms with van der Waals surface area (Å²) in [5, 5.41) is 2.68. The maximum atomic E-state index is 12.9. The summed E-state index contributed by atoms with van der Waals surface area (Å²) < 4.78 is 44.9. The van der Waals surface area contributed by atoms with Crippen LogP contribution in [0.15, 0.2) is 47.4 Å². The lowest BCUT2D eigenvalue weighted by atomic mass is 10.2. The number of benzene rings is 2. The summed E-state index contributed by atoms with van der Waals surface area (Å²) in [4.78, 5) is 12.1. The number of nitrogens with one attached hydrogen (secondary N) is 1. The van der Waals surface area contributed by atoms with E-state index in [2.05, 4.69) is 5.32 Å². The van der Waals surface area contributed by atoms with Crippen molar-refractivity contribution in [1.82, 2.24) is 9.62 Å². The number of hydrogen-bond acceptors (Lipinski definition) is 4. The third kappa shape index (κ3) is 5.53. The molecule has 152 valence electrons. The van der Waals surface area contributed by atoms with E-state index in [0.717, 1.165) is 5.56 Å². The van der Waals surface area contributed by atoms with E-state index in [-0.39, 0.29) is 29.8 Å². The fourth-order valence-corrected chi connectivity index (χ4v) is 4.20. The SMILES string of the molecule is CCN(CC)S(=O)(=O)c1ccc(OCC(=O)NCc2ccc(F)cc2)c(C)c1. The van der Waals surface area contributed by atoms with E-state index in [1.807, 2.05) is 0 Å².